The van der Waals surface area contributed by atoms with Gasteiger partial charge in [0.05, 0.1) is 12.7 Å². The third-order valence-corrected chi connectivity index (χ3v) is 3.09. The second-order valence-electron chi connectivity index (χ2n) is 4.86. The van der Waals surface area contributed by atoms with Gasteiger partial charge in [0.15, 0.2) is 0 Å². The number of hydrogen-bond acceptors (Lipinski definition) is 4. The zero-order valence-electron chi connectivity index (χ0n) is 12.4. The predicted molar refractivity (Wildman–Crippen MR) is 86.1 cm³/mol. The van der Waals surface area contributed by atoms with Crippen LogP contribution in [0.15, 0.2) is 42.5 Å². The number of ether oxygens (including phenoxy) is 1. The van der Waals surface area contributed by atoms with Crippen molar-refractivity contribution < 1.29 is 9.53 Å². The van der Waals surface area contributed by atoms with Gasteiger partial charge in [-0.3, -0.25) is 4.79 Å². The molecule has 0 aromatic heterocycles. The average molecular weight is 285 g/mol. The van der Waals surface area contributed by atoms with E-state index in [1.165, 1.54) is 7.11 Å². The van der Waals surface area contributed by atoms with Crippen molar-refractivity contribution >= 4 is 23.0 Å². The van der Waals surface area contributed by atoms with E-state index >= 15 is 0 Å². The van der Waals surface area contributed by atoms with Crippen LogP contribution in [-0.4, -0.2) is 27.1 Å². The summed E-state index contributed by atoms with van der Waals surface area (Å²) in [6.07, 6.45) is 0. The molecule has 0 saturated carbocycles. The lowest BCUT2D eigenvalue weighted by Gasteiger charge is -2.14. The quantitative estimate of drug-likeness (QED) is 0.847. The number of anilines is 3. The fourth-order valence-corrected chi connectivity index (χ4v) is 1.96. The zero-order valence-corrected chi connectivity index (χ0v) is 12.4. The minimum atomic E-state index is -0.234. The van der Waals surface area contributed by atoms with Gasteiger partial charge in [-0.25, -0.2) is 0 Å². The van der Waals surface area contributed by atoms with Gasteiger partial charge in [-0.2, -0.15) is 0 Å². The van der Waals surface area contributed by atoms with Gasteiger partial charge in [0.2, 0.25) is 0 Å². The molecule has 0 saturated heterocycles. The number of carbonyl (C=O) groups excluding carboxylic acids is 1. The van der Waals surface area contributed by atoms with Gasteiger partial charge in [-0.1, -0.05) is 6.07 Å². The van der Waals surface area contributed by atoms with E-state index in [0.717, 1.165) is 11.4 Å². The SMILES string of the molecule is COc1cc(N)ccc1C(=O)Nc1cccc(N(C)C)c1. The fraction of sp³-hybridized carbons (Fsp3) is 0.188. The first kappa shape index (κ1) is 14.7. The zero-order chi connectivity index (χ0) is 15.4. The molecule has 0 fully saturated rings. The summed E-state index contributed by atoms with van der Waals surface area (Å²) >= 11 is 0. The van der Waals surface area contributed by atoms with Gasteiger partial charge < -0.3 is 20.7 Å². The molecule has 21 heavy (non-hydrogen) atoms. The minimum absolute atomic E-state index is 0.234. The fourth-order valence-electron chi connectivity index (χ4n) is 1.96. The van der Waals surface area contributed by atoms with Crippen molar-refractivity contribution in [2.24, 2.45) is 0 Å². The third kappa shape index (κ3) is 3.45. The molecule has 0 atom stereocenters. The van der Waals surface area contributed by atoms with Crippen LogP contribution in [0.5, 0.6) is 5.75 Å². The van der Waals surface area contributed by atoms with Crippen molar-refractivity contribution in [3.63, 3.8) is 0 Å². The summed E-state index contributed by atoms with van der Waals surface area (Å²) in [5, 5.41) is 2.86. The molecular weight excluding hydrogens is 266 g/mol. The van der Waals surface area contributed by atoms with Crippen LogP contribution in [0.25, 0.3) is 0 Å². The van der Waals surface area contributed by atoms with Crippen LogP contribution in [0.3, 0.4) is 0 Å². The molecule has 110 valence electrons. The van der Waals surface area contributed by atoms with Crippen molar-refractivity contribution in [1.82, 2.24) is 0 Å². The lowest BCUT2D eigenvalue weighted by Crippen LogP contribution is -2.14. The summed E-state index contributed by atoms with van der Waals surface area (Å²) in [5.74, 6) is 0.221. The average Bonchev–Trinajstić information content (AvgIpc) is 2.47. The summed E-state index contributed by atoms with van der Waals surface area (Å²) in [6.45, 7) is 0. The van der Waals surface area contributed by atoms with Crippen LogP contribution >= 0.6 is 0 Å². The van der Waals surface area contributed by atoms with Gasteiger partial charge >= 0.3 is 0 Å². The maximum Gasteiger partial charge on any atom is 0.259 e. The number of nitrogens with zero attached hydrogens (tertiary/aromatic N) is 1. The molecular formula is C16H19N3O2. The molecule has 0 aliphatic carbocycles. The van der Waals surface area contributed by atoms with Crippen LogP contribution in [0.4, 0.5) is 17.1 Å². The number of amides is 1. The van der Waals surface area contributed by atoms with Crippen molar-refractivity contribution in [1.29, 1.82) is 0 Å². The molecule has 0 aliphatic rings. The van der Waals surface area contributed by atoms with E-state index in [1.54, 1.807) is 18.2 Å². The highest BCUT2D eigenvalue weighted by atomic mass is 16.5. The Hall–Kier alpha value is -2.69. The smallest absolute Gasteiger partial charge is 0.259 e. The Kier molecular flexibility index (Phi) is 4.33. The lowest BCUT2D eigenvalue weighted by molar-refractivity contribution is 0.102. The Labute approximate surface area is 124 Å². The summed E-state index contributed by atoms with van der Waals surface area (Å²) in [4.78, 5) is 14.3. The molecule has 0 spiro atoms. The Morgan fingerprint density at radius 1 is 1.19 bits per heavy atom. The van der Waals surface area contributed by atoms with Gasteiger partial charge in [-0.15, -0.1) is 0 Å². The monoisotopic (exact) mass is 285 g/mol. The number of nitrogen functional groups attached to an aromatic ring is 1. The highest BCUT2D eigenvalue weighted by molar-refractivity contribution is 6.06. The lowest BCUT2D eigenvalue weighted by atomic mass is 10.1. The molecule has 1 amide bonds. The summed E-state index contributed by atoms with van der Waals surface area (Å²) in [5.41, 5.74) is 8.43. The summed E-state index contributed by atoms with van der Waals surface area (Å²) in [7, 11) is 5.41. The number of nitrogens with one attached hydrogen (secondary N) is 1. The van der Waals surface area contributed by atoms with Gasteiger partial charge in [-0.05, 0) is 30.3 Å². The number of hydrogen-bond donors (Lipinski definition) is 2. The second-order valence-corrected chi connectivity index (χ2v) is 4.86. The number of benzene rings is 2. The molecule has 3 N–H and O–H groups in total. The molecule has 2 aromatic rings. The Morgan fingerprint density at radius 2 is 1.95 bits per heavy atom. The van der Waals surface area contributed by atoms with Crippen LogP contribution in [-0.2, 0) is 0 Å². The first-order valence-corrected chi connectivity index (χ1v) is 6.53. The highest BCUT2D eigenvalue weighted by Crippen LogP contribution is 2.23. The van der Waals surface area contributed by atoms with Crippen LogP contribution in [0.2, 0.25) is 0 Å². The van der Waals surface area contributed by atoms with Gasteiger partial charge in [0.1, 0.15) is 5.75 Å². The van der Waals surface area contributed by atoms with E-state index in [9.17, 15) is 4.79 Å². The maximum absolute atomic E-state index is 12.3. The molecule has 0 unspecified atom stereocenters. The second kappa shape index (κ2) is 6.17. The van der Waals surface area contributed by atoms with E-state index in [4.69, 9.17) is 10.5 Å². The molecule has 0 bridgehead atoms. The molecule has 0 heterocycles. The van der Waals surface area contributed by atoms with Crippen molar-refractivity contribution in [2.45, 2.75) is 0 Å². The van der Waals surface area contributed by atoms with Crippen LogP contribution < -0.4 is 20.7 Å². The highest BCUT2D eigenvalue weighted by Gasteiger charge is 2.13. The van der Waals surface area contributed by atoms with E-state index in [2.05, 4.69) is 5.32 Å². The van der Waals surface area contributed by atoms with Crippen molar-refractivity contribution in [3.05, 3.63) is 48.0 Å². The third-order valence-electron chi connectivity index (χ3n) is 3.09. The first-order chi connectivity index (χ1) is 10.0. The molecule has 2 rings (SSSR count). The Morgan fingerprint density at radius 3 is 2.62 bits per heavy atom. The largest absolute Gasteiger partial charge is 0.496 e. The maximum atomic E-state index is 12.3. The number of nitrogens with two attached hydrogens (primary N) is 1. The van der Waals surface area contributed by atoms with Crippen molar-refractivity contribution in [3.8, 4) is 5.75 Å². The number of carbonyl (C=O) groups is 1. The molecule has 0 radical (unpaired) electrons. The summed E-state index contributed by atoms with van der Waals surface area (Å²) in [6, 6.07) is 12.6. The van der Waals surface area contributed by atoms with Crippen LogP contribution in [0, 0.1) is 0 Å². The van der Waals surface area contributed by atoms with Gasteiger partial charge in [0.25, 0.3) is 5.91 Å². The molecule has 5 heteroatoms. The molecule has 0 aliphatic heterocycles. The van der Waals surface area contributed by atoms with Gasteiger partial charge in [0, 0.05) is 37.2 Å². The first-order valence-electron chi connectivity index (χ1n) is 6.53. The topological polar surface area (TPSA) is 67.6 Å². The molecule has 2 aromatic carbocycles. The summed E-state index contributed by atoms with van der Waals surface area (Å²) < 4.78 is 5.20. The van der Waals surface area contributed by atoms with Crippen LogP contribution in [0.1, 0.15) is 10.4 Å². The standard InChI is InChI=1S/C16H19N3O2/c1-19(2)13-6-4-5-12(10-13)18-16(20)14-8-7-11(17)9-15(14)21-3/h4-10H,17H2,1-3H3,(H,18,20). The van der Waals surface area contributed by atoms with E-state index in [-0.39, 0.29) is 5.91 Å². The predicted octanol–water partition coefficient (Wildman–Crippen LogP) is 2.60. The Bertz CT molecular complexity index is 654. The molecule has 5 nitrogen and oxygen atoms in total. The normalized spacial score (nSPS) is 10.0. The van der Waals surface area contributed by atoms with E-state index < -0.39 is 0 Å². The minimum Gasteiger partial charge on any atom is -0.496 e. The van der Waals surface area contributed by atoms with Crippen molar-refractivity contribution in [2.75, 3.05) is 37.2 Å². The Balaban J connectivity index is 2.24. The van der Waals surface area contributed by atoms with E-state index in [0.29, 0.717) is 17.0 Å². The number of methoxy groups -OCH3 is 1. The van der Waals surface area contributed by atoms with E-state index in [1.807, 2.05) is 43.3 Å². The number of rotatable bonds is 4.